The maximum absolute atomic E-state index is 9.53. The van der Waals surface area contributed by atoms with Crippen LogP contribution in [0, 0.1) is 0 Å². The summed E-state index contributed by atoms with van der Waals surface area (Å²) in [6.45, 7) is 25.9. The lowest BCUT2D eigenvalue weighted by atomic mass is 9.47. The summed E-state index contributed by atoms with van der Waals surface area (Å²) < 4.78 is 101. The van der Waals surface area contributed by atoms with Crippen molar-refractivity contribution < 1.29 is 18.1 Å². The lowest BCUT2D eigenvalue weighted by Crippen LogP contribution is -2.56. The van der Waals surface area contributed by atoms with Crippen molar-refractivity contribution in [2.75, 3.05) is 4.90 Å². The van der Waals surface area contributed by atoms with Crippen LogP contribution in [0.4, 0.5) is 17.1 Å². The van der Waals surface area contributed by atoms with Crippen LogP contribution in [0.5, 0.6) is 0 Å². The third-order valence-corrected chi connectivity index (χ3v) is 15.3. The Morgan fingerprint density at radius 3 is 1.73 bits per heavy atom. The minimum atomic E-state index is -0.564. The molecular formula is C66H62BN3O. The Labute approximate surface area is 432 Å². The molecule has 0 bridgehead atoms. The zero-order valence-electron chi connectivity index (χ0n) is 52.6. The molecular weight excluding hydrogens is 862 g/mol. The predicted octanol–water partition coefficient (Wildman–Crippen LogP) is 16.9. The van der Waals surface area contributed by atoms with Crippen molar-refractivity contribution in [1.29, 1.82) is 0 Å². The highest BCUT2D eigenvalue weighted by Gasteiger charge is 2.48. The zero-order chi connectivity index (χ0) is 58.0. The molecule has 8 aromatic carbocycles. The van der Waals surface area contributed by atoms with Gasteiger partial charge in [0.05, 0.1) is 30.4 Å². The first-order chi connectivity index (χ1) is 37.9. The van der Waals surface area contributed by atoms with Crippen LogP contribution in [0.2, 0.25) is 0 Å². The second-order valence-corrected chi connectivity index (χ2v) is 24.0. The molecule has 5 heterocycles. The molecule has 0 radical (unpaired) electrons. The minimum Gasteiger partial charge on any atom is -0.466 e. The molecule has 11 aromatic rings. The SMILES string of the molecule is [2H]c1c([2H])c([2H])c(-c2ccc3oc4c(c3c2)N(c2ccc(C(C)(C)C)cc2)c2cc(C(C)(C)C)cc3c2B4n2c4ccc(C(C)(C)C)cc4c4cc5c(c-3c42)c2cc(C(C)(C)C)ccc2n5-c2c([2H])c([2H])c([2H])c([2H])c2[2H])c([2H])c1[2H]. The molecule has 0 unspecified atom stereocenters. The van der Waals surface area contributed by atoms with Crippen molar-refractivity contribution in [3.8, 4) is 27.9 Å². The maximum atomic E-state index is 9.53. The number of rotatable bonds is 3. The summed E-state index contributed by atoms with van der Waals surface area (Å²) in [6.07, 6.45) is 0. The van der Waals surface area contributed by atoms with E-state index in [1.54, 1.807) is 6.07 Å². The quantitative estimate of drug-likeness (QED) is 0.165. The fraction of sp³-hybridized carbons (Fsp3) is 0.242. The van der Waals surface area contributed by atoms with Crippen LogP contribution in [-0.2, 0) is 21.7 Å². The molecule has 5 heteroatoms. The van der Waals surface area contributed by atoms with Gasteiger partial charge in [0.25, 0.3) is 0 Å². The van der Waals surface area contributed by atoms with E-state index in [2.05, 4.69) is 165 Å². The summed E-state index contributed by atoms with van der Waals surface area (Å²) in [4.78, 5) is 2.29. The smallest absolute Gasteiger partial charge is 0.375 e. The van der Waals surface area contributed by atoms with E-state index in [9.17, 15) is 2.74 Å². The van der Waals surface area contributed by atoms with Crippen LogP contribution < -0.4 is 16.0 Å². The van der Waals surface area contributed by atoms with E-state index in [4.69, 9.17) is 15.4 Å². The summed E-state index contributed by atoms with van der Waals surface area (Å²) >= 11 is 0. The molecule has 0 saturated heterocycles. The van der Waals surface area contributed by atoms with E-state index >= 15 is 0 Å². The monoisotopic (exact) mass is 934 g/mol. The number of furan rings is 1. The summed E-state index contributed by atoms with van der Waals surface area (Å²) in [5, 5.41) is 4.41. The van der Waals surface area contributed by atoms with Crippen LogP contribution in [0.1, 0.15) is 119 Å². The molecule has 71 heavy (non-hydrogen) atoms. The largest absolute Gasteiger partial charge is 0.466 e. The van der Waals surface area contributed by atoms with Crippen LogP contribution >= 0.6 is 0 Å². The Bertz CT molecular complexity index is 4580. The van der Waals surface area contributed by atoms with Gasteiger partial charge in [-0.25, -0.2) is 0 Å². The summed E-state index contributed by atoms with van der Waals surface area (Å²) in [7, 11) is 0. The molecule has 3 aromatic heterocycles. The summed E-state index contributed by atoms with van der Waals surface area (Å²) in [6, 6.07) is 30.4. The Morgan fingerprint density at radius 1 is 0.479 bits per heavy atom. The van der Waals surface area contributed by atoms with Crippen molar-refractivity contribution in [3.05, 3.63) is 180 Å². The number of nitrogens with zero attached hydrogens (tertiary/aromatic N) is 3. The van der Waals surface area contributed by atoms with E-state index in [0.29, 0.717) is 33.2 Å². The van der Waals surface area contributed by atoms with Crippen molar-refractivity contribution in [2.24, 2.45) is 0 Å². The van der Waals surface area contributed by atoms with Gasteiger partial charge < -0.3 is 18.4 Å². The van der Waals surface area contributed by atoms with Gasteiger partial charge in [0.2, 0.25) is 0 Å². The average molecular weight is 934 g/mol. The number of benzene rings is 8. The van der Waals surface area contributed by atoms with Crippen molar-refractivity contribution >= 4 is 89.6 Å². The van der Waals surface area contributed by atoms with Gasteiger partial charge in [-0.3, -0.25) is 0 Å². The highest BCUT2D eigenvalue weighted by molar-refractivity contribution is 6.89. The normalized spacial score (nSPS) is 15.8. The van der Waals surface area contributed by atoms with Crippen molar-refractivity contribution in [1.82, 2.24) is 9.05 Å². The highest BCUT2D eigenvalue weighted by atomic mass is 16.3. The first-order valence-electron chi connectivity index (χ1n) is 29.8. The number of hydrogen-bond donors (Lipinski definition) is 0. The van der Waals surface area contributed by atoms with Crippen LogP contribution in [0.15, 0.2) is 162 Å². The molecule has 350 valence electrons. The first-order valence-corrected chi connectivity index (χ1v) is 24.8. The van der Waals surface area contributed by atoms with E-state index in [1.807, 2.05) is 22.8 Å². The van der Waals surface area contributed by atoms with E-state index in [0.717, 1.165) is 88.5 Å². The molecule has 0 aliphatic carbocycles. The first kappa shape index (κ1) is 34.2. The van der Waals surface area contributed by atoms with Gasteiger partial charge >= 0.3 is 6.85 Å². The molecule has 2 aliphatic heterocycles. The Balaban J connectivity index is 1.27. The molecule has 13 rings (SSSR count). The Kier molecular flexibility index (Phi) is 7.06. The minimum absolute atomic E-state index is 0.0779. The van der Waals surface area contributed by atoms with Gasteiger partial charge in [-0.05, 0) is 139 Å². The fourth-order valence-electron chi connectivity index (χ4n) is 11.5. The number of hydrogen-bond acceptors (Lipinski definition) is 2. The molecule has 4 nitrogen and oxygen atoms in total. The van der Waals surface area contributed by atoms with Gasteiger partial charge in [-0.1, -0.05) is 168 Å². The lowest BCUT2D eigenvalue weighted by Gasteiger charge is -2.39. The number of para-hydroxylation sites is 1. The van der Waals surface area contributed by atoms with Crippen LogP contribution in [-0.4, -0.2) is 15.9 Å². The van der Waals surface area contributed by atoms with Gasteiger partial charge in [0, 0.05) is 60.6 Å². The Morgan fingerprint density at radius 2 is 1.08 bits per heavy atom. The van der Waals surface area contributed by atoms with E-state index < -0.39 is 48.5 Å². The molecule has 0 atom stereocenters. The maximum Gasteiger partial charge on any atom is 0.375 e. The van der Waals surface area contributed by atoms with Gasteiger partial charge in [0.15, 0.2) is 0 Å². The molecule has 0 N–H and O–H groups in total. The average Bonchev–Trinajstić information content (AvgIpc) is 1.72. The third-order valence-electron chi connectivity index (χ3n) is 15.3. The Hall–Kier alpha value is -7.24. The predicted molar refractivity (Wildman–Crippen MR) is 304 cm³/mol. The second-order valence-electron chi connectivity index (χ2n) is 24.0. The number of anilines is 3. The second kappa shape index (κ2) is 14.7. The van der Waals surface area contributed by atoms with E-state index in [1.165, 1.54) is 0 Å². The van der Waals surface area contributed by atoms with Crippen molar-refractivity contribution in [3.63, 3.8) is 0 Å². The number of aromatic nitrogens is 2. The lowest BCUT2D eigenvalue weighted by molar-refractivity contribution is 0.590. The number of fused-ring (bicyclic) bond motifs is 13. The van der Waals surface area contributed by atoms with Crippen LogP contribution in [0.25, 0.3) is 82.5 Å². The van der Waals surface area contributed by atoms with Gasteiger partial charge in [-0.2, -0.15) is 0 Å². The van der Waals surface area contributed by atoms with Crippen LogP contribution in [0.3, 0.4) is 0 Å². The van der Waals surface area contributed by atoms with Gasteiger partial charge in [0.1, 0.15) is 11.2 Å². The van der Waals surface area contributed by atoms with Crippen molar-refractivity contribution in [2.45, 2.75) is 105 Å². The molecule has 2 aliphatic rings. The summed E-state index contributed by atoms with van der Waals surface area (Å²) in [5.41, 5.74) is 14.1. The summed E-state index contributed by atoms with van der Waals surface area (Å²) in [5.74, 6) is 0. The molecule has 0 fully saturated rings. The molecule has 0 spiro atoms. The molecule has 0 saturated carbocycles. The fourth-order valence-corrected chi connectivity index (χ4v) is 11.5. The molecule has 0 amide bonds. The topological polar surface area (TPSA) is 26.2 Å². The highest BCUT2D eigenvalue weighted by Crippen LogP contribution is 2.53. The zero-order valence-corrected chi connectivity index (χ0v) is 42.6. The third kappa shape index (κ3) is 6.44. The van der Waals surface area contributed by atoms with E-state index in [-0.39, 0.29) is 51.7 Å². The standard InChI is InChI=1S/C66H62BN3O/c1-63(2,3)41-24-28-46(29-25-41)69-55-37-44(66(10,11)12)36-51-58-57-49-35-43(65(7,8)9)26-30-52(49)68(45-21-17-14-18-22-45)54(57)38-48-47-34-42(64(4,5)6)27-31-53(47)70(60(48)58)67(59(51)55)62-61(69)50-33-40(23-32-56(50)71-62)39-19-15-13-16-20-39/h13-38H,1-12H3/i13D,14D,15D,16D,17D,18D,19D,20D,21D,22D. The van der Waals surface area contributed by atoms with Gasteiger partial charge in [-0.15, -0.1) is 0 Å².